The zero-order chi connectivity index (χ0) is 23.6. The Kier molecular flexibility index (Phi) is 6.68. The van der Waals surface area contributed by atoms with Gasteiger partial charge < -0.3 is 19.3 Å². The molecule has 4 rings (SSSR count). The summed E-state index contributed by atoms with van der Waals surface area (Å²) in [6, 6.07) is 6.61. The number of carbonyl (C=O) groups is 1. The van der Waals surface area contributed by atoms with Crippen LogP contribution in [0.2, 0.25) is 0 Å². The fourth-order valence-electron chi connectivity index (χ4n) is 3.61. The fourth-order valence-corrected chi connectivity index (χ4v) is 6.45. The van der Waals surface area contributed by atoms with Gasteiger partial charge in [0.15, 0.2) is 0 Å². The Hall–Kier alpha value is -2.96. The number of aryl methyl sites for hydroxylation is 1. The van der Waals surface area contributed by atoms with Gasteiger partial charge in [-0.25, -0.2) is 8.42 Å². The van der Waals surface area contributed by atoms with Crippen molar-refractivity contribution in [3.63, 3.8) is 0 Å². The predicted octanol–water partition coefficient (Wildman–Crippen LogP) is 3.16. The van der Waals surface area contributed by atoms with Crippen molar-refractivity contribution in [3.8, 4) is 22.9 Å². The number of ether oxygens (including phenoxy) is 2. The molecule has 1 aromatic carbocycles. The summed E-state index contributed by atoms with van der Waals surface area (Å²) in [4.78, 5) is 17.1. The van der Waals surface area contributed by atoms with E-state index in [-0.39, 0.29) is 16.7 Å². The Morgan fingerprint density at radius 2 is 1.94 bits per heavy atom. The standard InChI is InChI=1S/C21H24N4O6S2/c1-13-22-20(24-31-13)15-7-19(32-12-15)33(27,28)25-6-4-5-14(11-25)21(26)23-16-8-17(29-2)10-18(9-16)30-3/h7-10,12,14H,4-6,11H2,1-3H3,(H,23,26)/t14-/m1/s1. The van der Waals surface area contributed by atoms with Crippen LogP contribution in [-0.4, -0.2) is 56.1 Å². The van der Waals surface area contributed by atoms with Crippen molar-refractivity contribution in [1.29, 1.82) is 0 Å². The van der Waals surface area contributed by atoms with Gasteiger partial charge in [-0.2, -0.15) is 9.29 Å². The number of benzene rings is 1. The van der Waals surface area contributed by atoms with Crippen molar-refractivity contribution < 1.29 is 27.2 Å². The van der Waals surface area contributed by atoms with Gasteiger partial charge in [0.05, 0.1) is 20.1 Å². The van der Waals surface area contributed by atoms with E-state index in [9.17, 15) is 13.2 Å². The van der Waals surface area contributed by atoms with E-state index in [1.165, 1.54) is 24.6 Å². The summed E-state index contributed by atoms with van der Waals surface area (Å²) in [7, 11) is -0.702. The van der Waals surface area contributed by atoms with Gasteiger partial charge in [0.2, 0.25) is 17.6 Å². The molecule has 1 amide bonds. The third-order valence-corrected chi connectivity index (χ3v) is 8.61. The second kappa shape index (κ2) is 9.49. The van der Waals surface area contributed by atoms with E-state index in [1.54, 1.807) is 30.5 Å². The summed E-state index contributed by atoms with van der Waals surface area (Å²) in [5, 5.41) is 8.37. The minimum atomic E-state index is -3.76. The summed E-state index contributed by atoms with van der Waals surface area (Å²) in [5.41, 5.74) is 1.10. The molecule has 0 spiro atoms. The molecule has 1 N–H and O–H groups in total. The van der Waals surface area contributed by atoms with E-state index in [4.69, 9.17) is 14.0 Å². The number of carbonyl (C=O) groups excluding carboxylic acids is 1. The van der Waals surface area contributed by atoms with Crippen LogP contribution in [-0.2, 0) is 14.8 Å². The fraction of sp³-hybridized carbons (Fsp3) is 0.381. The van der Waals surface area contributed by atoms with E-state index in [2.05, 4.69) is 15.5 Å². The molecule has 1 aliphatic heterocycles. The Morgan fingerprint density at radius 1 is 1.21 bits per heavy atom. The van der Waals surface area contributed by atoms with Gasteiger partial charge in [-0.1, -0.05) is 5.16 Å². The van der Waals surface area contributed by atoms with Crippen molar-refractivity contribution in [2.75, 3.05) is 32.6 Å². The molecule has 33 heavy (non-hydrogen) atoms. The number of methoxy groups -OCH3 is 2. The maximum Gasteiger partial charge on any atom is 0.252 e. The first-order valence-electron chi connectivity index (χ1n) is 10.2. The Balaban J connectivity index is 1.48. The van der Waals surface area contributed by atoms with Gasteiger partial charge in [-0.3, -0.25) is 4.79 Å². The lowest BCUT2D eigenvalue weighted by Crippen LogP contribution is -2.43. The molecule has 10 nitrogen and oxygen atoms in total. The highest BCUT2D eigenvalue weighted by Crippen LogP contribution is 2.32. The number of anilines is 1. The number of nitrogens with one attached hydrogen (secondary N) is 1. The number of hydrogen-bond acceptors (Lipinski definition) is 9. The molecule has 3 heterocycles. The first kappa shape index (κ1) is 23.2. The molecule has 1 atom stereocenters. The van der Waals surface area contributed by atoms with Gasteiger partial charge in [0.25, 0.3) is 10.0 Å². The highest BCUT2D eigenvalue weighted by molar-refractivity contribution is 7.91. The van der Waals surface area contributed by atoms with Crippen molar-refractivity contribution >= 4 is 33.0 Å². The summed E-state index contributed by atoms with van der Waals surface area (Å²) < 4.78 is 43.5. The third kappa shape index (κ3) is 5.02. The lowest BCUT2D eigenvalue weighted by molar-refractivity contribution is -0.120. The summed E-state index contributed by atoms with van der Waals surface area (Å²) in [6.07, 6.45) is 1.18. The van der Waals surface area contributed by atoms with Gasteiger partial charge >= 0.3 is 0 Å². The first-order valence-corrected chi connectivity index (χ1v) is 12.6. The van der Waals surface area contributed by atoms with Crippen LogP contribution in [0.5, 0.6) is 11.5 Å². The largest absolute Gasteiger partial charge is 0.497 e. The third-order valence-electron chi connectivity index (χ3n) is 5.33. The van der Waals surface area contributed by atoms with Gasteiger partial charge in [0, 0.05) is 54.8 Å². The average molecular weight is 493 g/mol. The molecule has 1 aliphatic rings. The number of rotatable bonds is 7. The van der Waals surface area contributed by atoms with E-state index >= 15 is 0 Å². The second-order valence-corrected chi connectivity index (χ2v) is 10.7. The molecule has 2 aromatic heterocycles. The molecule has 1 fully saturated rings. The zero-order valence-corrected chi connectivity index (χ0v) is 20.0. The molecule has 12 heteroatoms. The lowest BCUT2D eigenvalue weighted by Gasteiger charge is -2.30. The Labute approximate surface area is 195 Å². The molecule has 0 bridgehead atoms. The molecule has 0 unspecified atom stereocenters. The normalized spacial score (nSPS) is 17.0. The molecule has 3 aromatic rings. The van der Waals surface area contributed by atoms with Crippen molar-refractivity contribution in [3.05, 3.63) is 35.5 Å². The van der Waals surface area contributed by atoms with Crippen LogP contribution in [0.4, 0.5) is 5.69 Å². The maximum atomic E-state index is 13.2. The van der Waals surface area contributed by atoms with Crippen LogP contribution < -0.4 is 14.8 Å². The van der Waals surface area contributed by atoms with Crippen LogP contribution in [0.3, 0.4) is 0 Å². The number of hydrogen-bond donors (Lipinski definition) is 1. The maximum absolute atomic E-state index is 13.2. The highest BCUT2D eigenvalue weighted by atomic mass is 32.2. The number of thiophene rings is 1. The summed E-state index contributed by atoms with van der Waals surface area (Å²) in [5.74, 6) is 1.10. The summed E-state index contributed by atoms with van der Waals surface area (Å²) in [6.45, 7) is 2.12. The zero-order valence-electron chi connectivity index (χ0n) is 18.4. The van der Waals surface area contributed by atoms with Crippen LogP contribution in [0.15, 0.2) is 38.4 Å². The van der Waals surface area contributed by atoms with E-state index < -0.39 is 15.9 Å². The van der Waals surface area contributed by atoms with Gasteiger partial charge in [0.1, 0.15) is 15.7 Å². The SMILES string of the molecule is COc1cc(NC(=O)[C@@H]2CCCN(S(=O)(=O)c3cc(-c4noc(C)n4)cs3)C2)cc(OC)c1. The molecular weight excluding hydrogens is 468 g/mol. The number of aromatic nitrogens is 2. The minimum Gasteiger partial charge on any atom is -0.497 e. The lowest BCUT2D eigenvalue weighted by atomic mass is 9.98. The molecular formula is C21H24N4O6S2. The van der Waals surface area contributed by atoms with Crippen LogP contribution in [0, 0.1) is 12.8 Å². The van der Waals surface area contributed by atoms with Crippen molar-refractivity contribution in [2.24, 2.45) is 5.92 Å². The first-order chi connectivity index (χ1) is 15.8. The van der Waals surface area contributed by atoms with Gasteiger partial charge in [-0.05, 0) is 18.9 Å². The predicted molar refractivity (Wildman–Crippen MR) is 122 cm³/mol. The van der Waals surface area contributed by atoms with Gasteiger partial charge in [-0.15, -0.1) is 11.3 Å². The molecule has 0 radical (unpaired) electrons. The Bertz CT molecular complexity index is 1230. The van der Waals surface area contributed by atoms with E-state index in [0.717, 1.165) is 11.3 Å². The minimum absolute atomic E-state index is 0.101. The number of nitrogens with zero attached hydrogens (tertiary/aromatic N) is 3. The van der Waals surface area contributed by atoms with Crippen molar-refractivity contribution in [1.82, 2.24) is 14.4 Å². The summed E-state index contributed by atoms with van der Waals surface area (Å²) >= 11 is 1.10. The molecule has 176 valence electrons. The highest BCUT2D eigenvalue weighted by Gasteiger charge is 2.34. The topological polar surface area (TPSA) is 124 Å². The van der Waals surface area contributed by atoms with E-state index in [1.807, 2.05) is 0 Å². The van der Waals surface area contributed by atoms with E-state index in [0.29, 0.717) is 53.9 Å². The Morgan fingerprint density at radius 3 is 2.58 bits per heavy atom. The second-order valence-electron chi connectivity index (χ2n) is 7.58. The molecule has 1 saturated heterocycles. The monoisotopic (exact) mass is 492 g/mol. The van der Waals surface area contributed by atoms with Crippen molar-refractivity contribution in [2.45, 2.75) is 24.0 Å². The van der Waals surface area contributed by atoms with Crippen LogP contribution in [0.1, 0.15) is 18.7 Å². The quantitative estimate of drug-likeness (QED) is 0.533. The molecule has 0 aliphatic carbocycles. The number of piperidine rings is 1. The number of sulfonamides is 1. The van der Waals surface area contributed by atoms with Crippen LogP contribution in [0.25, 0.3) is 11.4 Å². The number of amides is 1. The molecule has 0 saturated carbocycles. The average Bonchev–Trinajstić information content (AvgIpc) is 3.48. The van der Waals surface area contributed by atoms with Crippen LogP contribution >= 0.6 is 11.3 Å². The smallest absolute Gasteiger partial charge is 0.252 e.